The molecule has 2 aromatic heterocycles. The SMILES string of the molecule is Cc1cc(Cn2ccc(I)n2)n(C)n1. The summed E-state index contributed by atoms with van der Waals surface area (Å²) in [5, 5.41) is 8.61. The summed E-state index contributed by atoms with van der Waals surface area (Å²) in [6.45, 7) is 2.77. The largest absolute Gasteiger partial charge is 0.270 e. The highest BCUT2D eigenvalue weighted by molar-refractivity contribution is 14.1. The maximum Gasteiger partial charge on any atom is 0.123 e. The molecule has 2 rings (SSSR count). The minimum absolute atomic E-state index is 0.778. The standard InChI is InChI=1S/C9H11IN4/c1-7-5-8(13(2)11-7)6-14-4-3-9(10)12-14/h3-5H,6H2,1-2H3. The molecule has 0 bridgehead atoms. The minimum Gasteiger partial charge on any atom is -0.270 e. The molecule has 0 radical (unpaired) electrons. The van der Waals surface area contributed by atoms with Gasteiger partial charge in [0.15, 0.2) is 0 Å². The highest BCUT2D eigenvalue weighted by atomic mass is 127. The molecule has 0 aromatic carbocycles. The molecule has 0 saturated carbocycles. The van der Waals surface area contributed by atoms with Crippen LogP contribution in [-0.4, -0.2) is 19.6 Å². The van der Waals surface area contributed by atoms with Gasteiger partial charge in [-0.05, 0) is 41.6 Å². The summed E-state index contributed by atoms with van der Waals surface area (Å²) < 4.78 is 4.82. The van der Waals surface area contributed by atoms with Gasteiger partial charge in [-0.1, -0.05) is 0 Å². The van der Waals surface area contributed by atoms with Gasteiger partial charge in [-0.25, -0.2) is 0 Å². The molecule has 0 unspecified atom stereocenters. The molecule has 0 amide bonds. The van der Waals surface area contributed by atoms with Crippen LogP contribution in [0.2, 0.25) is 0 Å². The molecule has 4 nitrogen and oxygen atoms in total. The van der Waals surface area contributed by atoms with Crippen LogP contribution in [0.3, 0.4) is 0 Å². The summed E-state index contributed by atoms with van der Waals surface area (Å²) in [5.41, 5.74) is 2.21. The van der Waals surface area contributed by atoms with E-state index in [1.165, 1.54) is 5.69 Å². The van der Waals surface area contributed by atoms with Gasteiger partial charge < -0.3 is 0 Å². The number of aromatic nitrogens is 4. The van der Waals surface area contributed by atoms with Gasteiger partial charge in [0.25, 0.3) is 0 Å². The van der Waals surface area contributed by atoms with Crippen molar-refractivity contribution >= 4 is 22.6 Å². The Labute approximate surface area is 96.1 Å². The normalized spacial score (nSPS) is 10.8. The highest BCUT2D eigenvalue weighted by Crippen LogP contribution is 2.05. The molecule has 5 heteroatoms. The van der Waals surface area contributed by atoms with Crippen LogP contribution in [0.15, 0.2) is 18.3 Å². The first kappa shape index (κ1) is 9.70. The van der Waals surface area contributed by atoms with Gasteiger partial charge in [-0.15, -0.1) is 0 Å². The highest BCUT2D eigenvalue weighted by Gasteiger charge is 2.03. The van der Waals surface area contributed by atoms with Crippen LogP contribution in [0, 0.1) is 10.6 Å². The van der Waals surface area contributed by atoms with Crippen molar-refractivity contribution in [2.45, 2.75) is 13.5 Å². The number of aryl methyl sites for hydroxylation is 2. The summed E-state index contributed by atoms with van der Waals surface area (Å²) in [6.07, 6.45) is 1.98. The van der Waals surface area contributed by atoms with Crippen LogP contribution in [0.5, 0.6) is 0 Å². The van der Waals surface area contributed by atoms with E-state index in [4.69, 9.17) is 0 Å². The van der Waals surface area contributed by atoms with Crippen molar-refractivity contribution in [3.05, 3.63) is 33.4 Å². The van der Waals surface area contributed by atoms with E-state index in [9.17, 15) is 0 Å². The number of nitrogens with zero attached hydrogens (tertiary/aromatic N) is 4. The second-order valence-corrected chi connectivity index (χ2v) is 4.34. The van der Waals surface area contributed by atoms with E-state index < -0.39 is 0 Å². The second kappa shape index (κ2) is 3.72. The predicted molar refractivity (Wildman–Crippen MR) is 62.0 cm³/mol. The molecule has 0 N–H and O–H groups in total. The summed E-state index contributed by atoms with van der Waals surface area (Å²) in [4.78, 5) is 0. The van der Waals surface area contributed by atoms with Crippen LogP contribution in [0.4, 0.5) is 0 Å². The molecule has 0 fully saturated rings. The molecule has 0 aliphatic carbocycles. The summed E-state index contributed by atoms with van der Waals surface area (Å²) in [5.74, 6) is 0. The van der Waals surface area contributed by atoms with Gasteiger partial charge in [0.05, 0.1) is 17.9 Å². The lowest BCUT2D eigenvalue weighted by molar-refractivity contribution is 0.616. The first-order chi connectivity index (χ1) is 6.65. The summed E-state index contributed by atoms with van der Waals surface area (Å²) >= 11 is 2.20. The van der Waals surface area contributed by atoms with E-state index in [0.717, 1.165) is 15.9 Å². The fraction of sp³-hybridized carbons (Fsp3) is 0.333. The smallest absolute Gasteiger partial charge is 0.123 e. The molecule has 0 atom stereocenters. The molecular weight excluding hydrogens is 291 g/mol. The van der Waals surface area contributed by atoms with Crippen LogP contribution >= 0.6 is 22.6 Å². The number of hydrogen-bond acceptors (Lipinski definition) is 2. The Balaban J connectivity index is 2.22. The third-order valence-electron chi connectivity index (χ3n) is 2.03. The quantitative estimate of drug-likeness (QED) is 0.790. The van der Waals surface area contributed by atoms with E-state index in [1.807, 2.05) is 35.6 Å². The molecule has 0 aliphatic rings. The van der Waals surface area contributed by atoms with Crippen LogP contribution in [0.1, 0.15) is 11.4 Å². The van der Waals surface area contributed by atoms with Crippen LogP contribution < -0.4 is 0 Å². The number of hydrogen-bond donors (Lipinski definition) is 0. The predicted octanol–water partition coefficient (Wildman–Crippen LogP) is 1.58. The Morgan fingerprint density at radius 2 is 2.21 bits per heavy atom. The zero-order chi connectivity index (χ0) is 10.1. The van der Waals surface area contributed by atoms with Crippen LogP contribution in [-0.2, 0) is 13.6 Å². The fourth-order valence-electron chi connectivity index (χ4n) is 1.40. The first-order valence-corrected chi connectivity index (χ1v) is 5.41. The Bertz CT molecular complexity index is 443. The average Bonchev–Trinajstić information content (AvgIpc) is 2.61. The maximum absolute atomic E-state index is 4.32. The molecule has 0 saturated heterocycles. The third kappa shape index (κ3) is 1.97. The van der Waals surface area contributed by atoms with E-state index in [1.54, 1.807) is 0 Å². The zero-order valence-corrected chi connectivity index (χ0v) is 10.3. The van der Waals surface area contributed by atoms with E-state index in [0.29, 0.717) is 0 Å². The summed E-state index contributed by atoms with van der Waals surface area (Å²) in [6, 6.07) is 4.07. The topological polar surface area (TPSA) is 35.6 Å². The van der Waals surface area contributed by atoms with E-state index >= 15 is 0 Å². The lowest BCUT2D eigenvalue weighted by Crippen LogP contribution is -2.05. The van der Waals surface area contributed by atoms with Crippen molar-refractivity contribution in [2.75, 3.05) is 0 Å². The Morgan fingerprint density at radius 1 is 1.43 bits per heavy atom. The first-order valence-electron chi connectivity index (χ1n) is 4.33. The van der Waals surface area contributed by atoms with Gasteiger partial charge >= 0.3 is 0 Å². The lowest BCUT2D eigenvalue weighted by atomic mass is 10.4. The van der Waals surface area contributed by atoms with Gasteiger partial charge in [-0.3, -0.25) is 9.36 Å². The monoisotopic (exact) mass is 302 g/mol. The van der Waals surface area contributed by atoms with Crippen molar-refractivity contribution in [3.8, 4) is 0 Å². The van der Waals surface area contributed by atoms with Crippen molar-refractivity contribution in [3.63, 3.8) is 0 Å². The van der Waals surface area contributed by atoms with E-state index in [2.05, 4.69) is 38.9 Å². The van der Waals surface area contributed by atoms with Gasteiger partial charge in [0.2, 0.25) is 0 Å². The van der Waals surface area contributed by atoms with Gasteiger partial charge in [0, 0.05) is 13.2 Å². The van der Waals surface area contributed by atoms with Crippen molar-refractivity contribution in [1.29, 1.82) is 0 Å². The molecule has 0 aliphatic heterocycles. The average molecular weight is 302 g/mol. The number of rotatable bonds is 2. The zero-order valence-electron chi connectivity index (χ0n) is 8.11. The third-order valence-corrected chi connectivity index (χ3v) is 2.61. The Hall–Kier alpha value is -0.850. The van der Waals surface area contributed by atoms with Crippen molar-refractivity contribution in [1.82, 2.24) is 19.6 Å². The van der Waals surface area contributed by atoms with Crippen molar-refractivity contribution < 1.29 is 0 Å². The Morgan fingerprint density at radius 3 is 2.71 bits per heavy atom. The van der Waals surface area contributed by atoms with Gasteiger partial charge in [0.1, 0.15) is 3.70 Å². The molecule has 2 heterocycles. The summed E-state index contributed by atoms with van der Waals surface area (Å²) in [7, 11) is 1.96. The molecule has 0 spiro atoms. The van der Waals surface area contributed by atoms with Gasteiger partial charge in [-0.2, -0.15) is 10.2 Å². The molecule has 14 heavy (non-hydrogen) atoms. The fourth-order valence-corrected chi connectivity index (χ4v) is 1.84. The molecular formula is C9H11IN4. The maximum atomic E-state index is 4.32. The van der Waals surface area contributed by atoms with Crippen molar-refractivity contribution in [2.24, 2.45) is 7.05 Å². The van der Waals surface area contributed by atoms with Crippen LogP contribution in [0.25, 0.3) is 0 Å². The minimum atomic E-state index is 0.778. The Kier molecular flexibility index (Phi) is 2.58. The number of halogens is 1. The molecule has 2 aromatic rings. The lowest BCUT2D eigenvalue weighted by Gasteiger charge is -2.01. The second-order valence-electron chi connectivity index (χ2n) is 3.24. The molecule has 74 valence electrons. The van der Waals surface area contributed by atoms with E-state index in [-0.39, 0.29) is 0 Å².